The summed E-state index contributed by atoms with van der Waals surface area (Å²) in [6, 6.07) is 9.60. The Bertz CT molecular complexity index is 726. The maximum absolute atomic E-state index is 11.7. The van der Waals surface area contributed by atoms with Gasteiger partial charge in [0.1, 0.15) is 5.56 Å². The lowest BCUT2D eigenvalue weighted by Crippen LogP contribution is -2.18. The van der Waals surface area contributed by atoms with E-state index in [0.717, 1.165) is 22.6 Å². The summed E-state index contributed by atoms with van der Waals surface area (Å²) in [5.74, 6) is -0.695. The standard InChI is InChI=1S/C14H13N3O3S/c1-9(10-6-4-3-5-7-10)16-17-14-15-12(18)11(8-21-14)13(19)20-2/h3-8H,1-2H3,(H,15,17,18)/b16-9-. The molecular formula is C14H13N3O3S. The minimum absolute atomic E-state index is 0.0863. The van der Waals surface area contributed by atoms with Gasteiger partial charge in [0.15, 0.2) is 0 Å². The van der Waals surface area contributed by atoms with Gasteiger partial charge in [-0.1, -0.05) is 30.3 Å². The molecule has 0 saturated heterocycles. The van der Waals surface area contributed by atoms with Crippen LogP contribution in [0, 0.1) is 0 Å². The number of carbonyl (C=O) groups excluding carboxylic acids is 1. The van der Waals surface area contributed by atoms with Crippen LogP contribution in [-0.4, -0.2) is 23.8 Å². The van der Waals surface area contributed by atoms with Gasteiger partial charge in [-0.05, 0) is 12.5 Å². The summed E-state index contributed by atoms with van der Waals surface area (Å²) in [7, 11) is 1.21. The van der Waals surface area contributed by atoms with Crippen molar-refractivity contribution in [2.45, 2.75) is 6.92 Å². The van der Waals surface area contributed by atoms with Gasteiger partial charge in [0.25, 0.3) is 5.56 Å². The van der Waals surface area contributed by atoms with Gasteiger partial charge in [-0.2, -0.15) is 10.1 Å². The van der Waals surface area contributed by atoms with Gasteiger partial charge in [-0.25, -0.2) is 4.79 Å². The molecule has 0 aliphatic heterocycles. The monoisotopic (exact) mass is 303 g/mol. The Hall–Kier alpha value is -2.54. The molecule has 108 valence electrons. The van der Waals surface area contributed by atoms with Gasteiger partial charge in [-0.15, -0.1) is 11.3 Å². The minimum Gasteiger partial charge on any atom is -0.465 e. The Labute approximate surface area is 125 Å². The maximum Gasteiger partial charge on any atom is 0.344 e. The van der Waals surface area contributed by atoms with Gasteiger partial charge < -0.3 is 4.74 Å². The number of ether oxygens (including phenoxy) is 1. The molecule has 6 nitrogen and oxygen atoms in total. The highest BCUT2D eigenvalue weighted by Gasteiger charge is 2.12. The van der Waals surface area contributed by atoms with E-state index in [1.165, 1.54) is 12.5 Å². The van der Waals surface area contributed by atoms with E-state index in [4.69, 9.17) is 0 Å². The van der Waals surface area contributed by atoms with E-state index in [9.17, 15) is 9.59 Å². The molecular weight excluding hydrogens is 290 g/mol. The number of nitrogens with zero attached hydrogens (tertiary/aromatic N) is 2. The Morgan fingerprint density at radius 3 is 2.67 bits per heavy atom. The number of carbonyl (C=O) groups is 1. The summed E-state index contributed by atoms with van der Waals surface area (Å²) in [6.45, 7) is 1.84. The van der Waals surface area contributed by atoms with Crippen molar-refractivity contribution < 1.29 is 9.53 Å². The molecule has 0 spiro atoms. The molecule has 7 heteroatoms. The molecule has 2 aromatic rings. The fourth-order valence-electron chi connectivity index (χ4n) is 1.52. The SMILES string of the molecule is COC(=O)c1csc(N/N=C(/C)c2ccccc2)nc1=O. The molecule has 2 rings (SSSR count). The fourth-order valence-corrected chi connectivity index (χ4v) is 2.18. The number of rotatable bonds is 4. The third kappa shape index (κ3) is 3.73. The molecule has 0 aliphatic rings. The predicted octanol–water partition coefficient (Wildman–Crippen LogP) is 2.13. The van der Waals surface area contributed by atoms with Crippen molar-refractivity contribution in [1.29, 1.82) is 0 Å². The lowest BCUT2D eigenvalue weighted by Gasteiger charge is -2.02. The van der Waals surface area contributed by atoms with Crippen molar-refractivity contribution >= 4 is 28.1 Å². The van der Waals surface area contributed by atoms with Gasteiger partial charge in [0, 0.05) is 5.38 Å². The van der Waals surface area contributed by atoms with Crippen LogP contribution in [0.3, 0.4) is 0 Å². The zero-order chi connectivity index (χ0) is 15.2. The lowest BCUT2D eigenvalue weighted by atomic mass is 10.1. The molecule has 0 bridgehead atoms. The number of aromatic nitrogens is 1. The first kappa shape index (κ1) is 14.9. The second-order valence-corrected chi connectivity index (χ2v) is 4.90. The normalized spacial score (nSPS) is 11.0. The number of hydrogen-bond acceptors (Lipinski definition) is 7. The highest BCUT2D eigenvalue weighted by molar-refractivity contribution is 7.13. The first-order chi connectivity index (χ1) is 10.1. The van der Waals surface area contributed by atoms with Crippen LogP contribution < -0.4 is 11.0 Å². The van der Waals surface area contributed by atoms with Crippen molar-refractivity contribution in [3.05, 3.63) is 57.2 Å². The van der Waals surface area contributed by atoms with Crippen LogP contribution in [0.2, 0.25) is 0 Å². The number of esters is 1. The summed E-state index contributed by atoms with van der Waals surface area (Å²) >= 11 is 1.10. The molecule has 0 saturated carbocycles. The molecule has 1 aromatic heterocycles. The minimum atomic E-state index is -0.695. The molecule has 0 fully saturated rings. The average Bonchev–Trinajstić information content (AvgIpc) is 2.52. The Balaban J connectivity index is 2.16. The highest BCUT2D eigenvalue weighted by Crippen LogP contribution is 2.11. The molecule has 0 unspecified atom stereocenters. The van der Waals surface area contributed by atoms with Crippen LogP contribution in [0.25, 0.3) is 0 Å². The largest absolute Gasteiger partial charge is 0.465 e. The van der Waals surface area contributed by atoms with Crippen LogP contribution >= 0.6 is 11.3 Å². The molecule has 0 aliphatic carbocycles. The number of nitrogens with one attached hydrogen (secondary N) is 1. The Kier molecular flexibility index (Phi) is 4.78. The van der Waals surface area contributed by atoms with Crippen molar-refractivity contribution in [3.63, 3.8) is 0 Å². The van der Waals surface area contributed by atoms with Gasteiger partial charge in [0.05, 0.1) is 12.8 Å². The molecule has 0 amide bonds. The zero-order valence-electron chi connectivity index (χ0n) is 11.5. The quantitative estimate of drug-likeness (QED) is 0.531. The zero-order valence-corrected chi connectivity index (χ0v) is 12.3. The van der Waals surface area contributed by atoms with Crippen molar-refractivity contribution in [3.8, 4) is 0 Å². The smallest absolute Gasteiger partial charge is 0.344 e. The topological polar surface area (TPSA) is 80.7 Å². The van der Waals surface area contributed by atoms with Crippen molar-refractivity contribution in [2.24, 2.45) is 5.10 Å². The van der Waals surface area contributed by atoms with Crippen LogP contribution in [-0.2, 0) is 4.74 Å². The van der Waals surface area contributed by atoms with Crippen LogP contribution in [0.4, 0.5) is 5.13 Å². The van der Waals surface area contributed by atoms with E-state index in [0.29, 0.717) is 5.13 Å². The lowest BCUT2D eigenvalue weighted by molar-refractivity contribution is 0.0599. The van der Waals surface area contributed by atoms with Crippen LogP contribution in [0.1, 0.15) is 22.8 Å². The van der Waals surface area contributed by atoms with Crippen LogP contribution in [0.5, 0.6) is 0 Å². The van der Waals surface area contributed by atoms with E-state index >= 15 is 0 Å². The Morgan fingerprint density at radius 2 is 2.05 bits per heavy atom. The number of methoxy groups -OCH3 is 1. The van der Waals surface area contributed by atoms with Gasteiger partial charge >= 0.3 is 5.97 Å². The number of hydrazone groups is 1. The van der Waals surface area contributed by atoms with E-state index < -0.39 is 11.5 Å². The van der Waals surface area contributed by atoms with Gasteiger partial charge in [0.2, 0.25) is 5.13 Å². The van der Waals surface area contributed by atoms with E-state index in [2.05, 4.69) is 20.2 Å². The van der Waals surface area contributed by atoms with E-state index in [-0.39, 0.29) is 5.56 Å². The predicted molar refractivity (Wildman–Crippen MR) is 82.0 cm³/mol. The number of hydrogen-bond donors (Lipinski definition) is 1. The van der Waals surface area contributed by atoms with Crippen molar-refractivity contribution in [2.75, 3.05) is 12.5 Å². The van der Waals surface area contributed by atoms with Crippen molar-refractivity contribution in [1.82, 2.24) is 4.98 Å². The average molecular weight is 303 g/mol. The third-order valence-electron chi connectivity index (χ3n) is 2.64. The molecule has 0 atom stereocenters. The number of anilines is 1. The molecule has 0 radical (unpaired) electrons. The number of benzene rings is 1. The molecule has 1 aromatic carbocycles. The van der Waals surface area contributed by atoms with E-state index in [1.54, 1.807) is 0 Å². The maximum atomic E-state index is 11.7. The van der Waals surface area contributed by atoms with Crippen LogP contribution in [0.15, 0.2) is 45.6 Å². The molecule has 1 heterocycles. The fraction of sp³-hybridized carbons (Fsp3) is 0.143. The summed E-state index contributed by atoms with van der Waals surface area (Å²) < 4.78 is 4.49. The summed E-state index contributed by atoms with van der Waals surface area (Å²) in [6.07, 6.45) is 0. The molecule has 1 N–H and O–H groups in total. The first-order valence-corrected chi connectivity index (χ1v) is 6.93. The van der Waals surface area contributed by atoms with E-state index in [1.807, 2.05) is 37.3 Å². The van der Waals surface area contributed by atoms with Gasteiger partial charge in [-0.3, -0.25) is 10.2 Å². The summed E-state index contributed by atoms with van der Waals surface area (Å²) in [5, 5.41) is 5.87. The molecule has 21 heavy (non-hydrogen) atoms. The summed E-state index contributed by atoms with van der Waals surface area (Å²) in [4.78, 5) is 26.7. The third-order valence-corrected chi connectivity index (χ3v) is 3.40. The first-order valence-electron chi connectivity index (χ1n) is 6.05. The Morgan fingerprint density at radius 1 is 1.33 bits per heavy atom. The second-order valence-electron chi connectivity index (χ2n) is 4.04. The summed E-state index contributed by atoms with van der Waals surface area (Å²) in [5.41, 5.74) is 3.70. The highest BCUT2D eigenvalue weighted by atomic mass is 32.1. The second kappa shape index (κ2) is 6.76.